The molecule has 138 valence electrons. The molecule has 0 aromatic heterocycles. The summed E-state index contributed by atoms with van der Waals surface area (Å²) < 4.78 is 10.8. The highest BCUT2D eigenvalue weighted by molar-refractivity contribution is 5.77. The van der Waals surface area contributed by atoms with E-state index in [1.54, 1.807) is 0 Å². The van der Waals surface area contributed by atoms with Crippen LogP contribution in [0.15, 0.2) is 0 Å². The lowest BCUT2D eigenvalue weighted by atomic mass is 9.95. The van der Waals surface area contributed by atoms with Crippen molar-refractivity contribution in [2.75, 3.05) is 13.2 Å². The summed E-state index contributed by atoms with van der Waals surface area (Å²) >= 11 is 0. The van der Waals surface area contributed by atoms with Crippen molar-refractivity contribution in [2.45, 2.75) is 83.5 Å². The van der Waals surface area contributed by atoms with Crippen LogP contribution in [-0.4, -0.2) is 42.4 Å². The lowest BCUT2D eigenvalue weighted by molar-refractivity contribution is -0.123. The molecule has 0 aromatic rings. The van der Waals surface area contributed by atoms with E-state index in [1.807, 2.05) is 27.7 Å². The van der Waals surface area contributed by atoms with Gasteiger partial charge in [-0.15, -0.1) is 0 Å². The maximum atomic E-state index is 12.3. The van der Waals surface area contributed by atoms with Gasteiger partial charge in [0.1, 0.15) is 5.60 Å². The van der Waals surface area contributed by atoms with Crippen molar-refractivity contribution in [2.24, 2.45) is 5.92 Å². The first kappa shape index (κ1) is 19.0. The van der Waals surface area contributed by atoms with Crippen LogP contribution in [0.25, 0.3) is 0 Å². The van der Waals surface area contributed by atoms with E-state index in [4.69, 9.17) is 9.47 Å². The fraction of sp³-hybridized carbons (Fsp3) is 0.889. The smallest absolute Gasteiger partial charge is 0.407 e. The molecule has 1 aliphatic heterocycles. The SMILES string of the molecule is CC(C)(C)OC(=O)NC[C@](C)(NC(=O)CC[C@@H]1CCCO1)C1CC1. The molecule has 1 saturated heterocycles. The predicted octanol–water partition coefficient (Wildman–Crippen LogP) is 2.76. The van der Waals surface area contributed by atoms with Crippen molar-refractivity contribution in [1.82, 2.24) is 10.6 Å². The lowest BCUT2D eigenvalue weighted by Crippen LogP contribution is -2.55. The zero-order valence-corrected chi connectivity index (χ0v) is 15.4. The van der Waals surface area contributed by atoms with E-state index >= 15 is 0 Å². The Kier molecular flexibility index (Phi) is 6.12. The van der Waals surface area contributed by atoms with E-state index in [1.165, 1.54) is 0 Å². The van der Waals surface area contributed by atoms with Crippen LogP contribution in [0.1, 0.15) is 66.2 Å². The normalized spacial score (nSPS) is 23.4. The Labute approximate surface area is 145 Å². The minimum atomic E-state index is -0.523. The number of hydrogen-bond donors (Lipinski definition) is 2. The first-order valence-corrected chi connectivity index (χ1v) is 9.07. The van der Waals surface area contributed by atoms with Gasteiger partial charge < -0.3 is 20.1 Å². The molecule has 2 N–H and O–H groups in total. The molecule has 0 spiro atoms. The first-order valence-electron chi connectivity index (χ1n) is 9.07. The summed E-state index contributed by atoms with van der Waals surface area (Å²) in [5.74, 6) is 0.449. The Balaban J connectivity index is 1.78. The second kappa shape index (κ2) is 7.72. The zero-order valence-electron chi connectivity index (χ0n) is 15.4. The molecule has 2 rings (SSSR count). The number of amides is 2. The van der Waals surface area contributed by atoms with Crippen molar-refractivity contribution in [3.05, 3.63) is 0 Å². The molecule has 6 heteroatoms. The molecule has 1 saturated carbocycles. The zero-order chi connectivity index (χ0) is 17.8. The van der Waals surface area contributed by atoms with E-state index in [0.717, 1.165) is 38.7 Å². The molecule has 2 aliphatic rings. The van der Waals surface area contributed by atoms with Crippen LogP contribution in [0.4, 0.5) is 4.79 Å². The van der Waals surface area contributed by atoms with E-state index < -0.39 is 17.2 Å². The second-order valence-corrected chi connectivity index (χ2v) is 8.27. The first-order chi connectivity index (χ1) is 11.2. The highest BCUT2D eigenvalue weighted by Crippen LogP contribution is 2.39. The van der Waals surface area contributed by atoms with Crippen LogP contribution in [0, 0.1) is 5.92 Å². The molecule has 2 amide bonds. The molecule has 6 nitrogen and oxygen atoms in total. The maximum absolute atomic E-state index is 12.3. The number of carbonyl (C=O) groups excluding carboxylic acids is 2. The maximum Gasteiger partial charge on any atom is 0.407 e. The minimum absolute atomic E-state index is 0.0332. The molecule has 0 bridgehead atoms. The fourth-order valence-corrected chi connectivity index (χ4v) is 3.13. The molecule has 2 fully saturated rings. The number of nitrogens with one attached hydrogen (secondary N) is 2. The summed E-state index contributed by atoms with van der Waals surface area (Å²) in [7, 11) is 0. The Bertz CT molecular complexity index is 450. The number of ether oxygens (including phenoxy) is 2. The van der Waals surface area contributed by atoms with Crippen LogP contribution in [0.3, 0.4) is 0 Å². The second-order valence-electron chi connectivity index (χ2n) is 8.27. The summed E-state index contributed by atoms with van der Waals surface area (Å²) in [4.78, 5) is 24.2. The van der Waals surface area contributed by atoms with Gasteiger partial charge in [0.05, 0.1) is 11.6 Å². The molecule has 2 atom stereocenters. The van der Waals surface area contributed by atoms with E-state index in [2.05, 4.69) is 10.6 Å². The van der Waals surface area contributed by atoms with Crippen LogP contribution in [0.5, 0.6) is 0 Å². The van der Waals surface area contributed by atoms with Gasteiger partial charge in [-0.05, 0) is 65.7 Å². The molecule has 24 heavy (non-hydrogen) atoms. The highest BCUT2D eigenvalue weighted by atomic mass is 16.6. The van der Waals surface area contributed by atoms with Crippen molar-refractivity contribution in [3.8, 4) is 0 Å². The third-order valence-corrected chi connectivity index (χ3v) is 4.62. The monoisotopic (exact) mass is 340 g/mol. The van der Waals surface area contributed by atoms with Crippen molar-refractivity contribution in [1.29, 1.82) is 0 Å². The summed E-state index contributed by atoms with van der Waals surface area (Å²) in [6.07, 6.45) is 5.33. The van der Waals surface area contributed by atoms with Gasteiger partial charge in [0.15, 0.2) is 0 Å². The van der Waals surface area contributed by atoms with Gasteiger partial charge in [-0.25, -0.2) is 4.79 Å². The Hall–Kier alpha value is -1.30. The van der Waals surface area contributed by atoms with E-state index in [9.17, 15) is 9.59 Å². The molecular weight excluding hydrogens is 308 g/mol. The van der Waals surface area contributed by atoms with E-state index in [-0.39, 0.29) is 12.0 Å². The molecule has 1 aliphatic carbocycles. The van der Waals surface area contributed by atoms with Crippen LogP contribution in [-0.2, 0) is 14.3 Å². The van der Waals surface area contributed by atoms with Crippen LogP contribution >= 0.6 is 0 Å². The molecule has 0 aromatic carbocycles. The number of rotatable bonds is 7. The largest absolute Gasteiger partial charge is 0.444 e. The van der Waals surface area contributed by atoms with Gasteiger partial charge in [-0.2, -0.15) is 0 Å². The lowest BCUT2D eigenvalue weighted by Gasteiger charge is -2.32. The summed E-state index contributed by atoms with van der Waals surface area (Å²) in [5, 5.41) is 5.94. The average Bonchev–Trinajstić information content (AvgIpc) is 3.20. The Morgan fingerprint density at radius 3 is 2.42 bits per heavy atom. The summed E-state index contributed by atoms with van der Waals surface area (Å²) in [5.41, 5.74) is -0.935. The van der Waals surface area contributed by atoms with Gasteiger partial charge >= 0.3 is 6.09 Å². The highest BCUT2D eigenvalue weighted by Gasteiger charge is 2.43. The fourth-order valence-electron chi connectivity index (χ4n) is 3.13. The van der Waals surface area contributed by atoms with Gasteiger partial charge in [0, 0.05) is 19.6 Å². The third-order valence-electron chi connectivity index (χ3n) is 4.62. The van der Waals surface area contributed by atoms with Gasteiger partial charge in [-0.3, -0.25) is 4.79 Å². The quantitative estimate of drug-likeness (QED) is 0.747. The third kappa shape index (κ3) is 6.30. The van der Waals surface area contributed by atoms with Crippen molar-refractivity contribution < 1.29 is 19.1 Å². The van der Waals surface area contributed by atoms with Gasteiger partial charge in [-0.1, -0.05) is 0 Å². The van der Waals surface area contributed by atoms with E-state index in [0.29, 0.717) is 18.9 Å². The average molecular weight is 340 g/mol. The van der Waals surface area contributed by atoms with Crippen molar-refractivity contribution in [3.63, 3.8) is 0 Å². The molecular formula is C18H32N2O4. The predicted molar refractivity (Wildman–Crippen MR) is 91.7 cm³/mol. The molecule has 1 heterocycles. The minimum Gasteiger partial charge on any atom is -0.444 e. The van der Waals surface area contributed by atoms with Gasteiger partial charge in [0.2, 0.25) is 5.91 Å². The Morgan fingerprint density at radius 1 is 1.17 bits per heavy atom. The van der Waals surface area contributed by atoms with Crippen LogP contribution < -0.4 is 10.6 Å². The molecule has 0 radical (unpaired) electrons. The number of carbonyl (C=O) groups is 2. The summed E-state index contributed by atoms with van der Waals surface area (Å²) in [6.45, 7) is 8.70. The molecule has 0 unspecified atom stereocenters. The summed E-state index contributed by atoms with van der Waals surface area (Å²) in [6, 6.07) is 0. The standard InChI is InChI=1S/C18H32N2O4/c1-17(2,3)24-16(22)19-12-18(4,13-7-8-13)20-15(21)10-9-14-6-5-11-23-14/h13-14H,5-12H2,1-4H3,(H,19,22)(H,20,21)/t14-,18-/m0/s1. The number of alkyl carbamates (subject to hydrolysis) is 1. The number of hydrogen-bond acceptors (Lipinski definition) is 4. The van der Waals surface area contributed by atoms with Crippen molar-refractivity contribution >= 4 is 12.0 Å². The van der Waals surface area contributed by atoms with Crippen LogP contribution in [0.2, 0.25) is 0 Å². The Morgan fingerprint density at radius 2 is 1.88 bits per heavy atom. The van der Waals surface area contributed by atoms with Gasteiger partial charge in [0.25, 0.3) is 0 Å². The topological polar surface area (TPSA) is 76.7 Å².